The fourth-order valence-corrected chi connectivity index (χ4v) is 4.88. The van der Waals surface area contributed by atoms with Crippen LogP contribution < -0.4 is 5.32 Å². The van der Waals surface area contributed by atoms with Crippen molar-refractivity contribution in [3.8, 4) is 0 Å². The molecule has 238 valence electrons. The molecule has 2 aromatic carbocycles. The van der Waals surface area contributed by atoms with E-state index in [1.165, 1.54) is 11.1 Å². The fraction of sp³-hybridized carbons (Fsp3) is 0.513. The molecule has 0 aliphatic carbocycles. The minimum Gasteiger partial charge on any atom is -0.344 e. The Kier molecular flexibility index (Phi) is 17.1. The van der Waals surface area contributed by atoms with Gasteiger partial charge in [-0.15, -0.1) is 0 Å². The number of nitrogens with zero attached hydrogens (tertiary/aromatic N) is 1. The summed E-state index contributed by atoms with van der Waals surface area (Å²) in [5.41, 5.74) is 6.79. The lowest BCUT2D eigenvalue weighted by atomic mass is 9.93. The van der Waals surface area contributed by atoms with Gasteiger partial charge in [0.2, 0.25) is 0 Å². The van der Waals surface area contributed by atoms with Crippen LogP contribution in [0.5, 0.6) is 0 Å². The van der Waals surface area contributed by atoms with Crippen LogP contribution in [0.25, 0.3) is 5.57 Å². The summed E-state index contributed by atoms with van der Waals surface area (Å²) in [6.07, 6.45) is 9.47. The van der Waals surface area contributed by atoms with Gasteiger partial charge in [0.25, 0.3) is 0 Å². The standard InChI is InChI=1S/C27H41FN2.C12H17F/c1-9-20(3)17-24(10-2)22(5)30-26(29-8)18-21(4)25-15-11-13-23(19-25)14-12-16-27(6,7)28;1-4-9(2)5-11-6-10(3)7-12(13)8-11/h11,13,15,18-19,24H,3,5,9-10,12,14,16-17H2,1-2,4,6-8H3,(H,29,30);6-9H,4-5H2,1-3H3/b21-18+;/t24-;/m1./s1. The Hall–Kier alpha value is -3.01. The molecule has 0 radical (unpaired) electrons. The number of alkyl halides is 1. The van der Waals surface area contributed by atoms with E-state index in [0.29, 0.717) is 18.3 Å². The molecule has 1 unspecified atom stereocenters. The van der Waals surface area contributed by atoms with Gasteiger partial charge in [0.15, 0.2) is 0 Å². The Morgan fingerprint density at radius 1 is 1.05 bits per heavy atom. The topological polar surface area (TPSA) is 24.4 Å². The first-order valence-electron chi connectivity index (χ1n) is 16.0. The van der Waals surface area contributed by atoms with Crippen LogP contribution in [-0.2, 0) is 12.8 Å². The lowest BCUT2D eigenvalue weighted by molar-refractivity contribution is 0.197. The number of allylic oxidation sites excluding steroid dienone is 3. The number of aryl methyl sites for hydroxylation is 2. The highest BCUT2D eigenvalue weighted by Gasteiger charge is 2.15. The van der Waals surface area contributed by atoms with Gasteiger partial charge in [0.05, 0.1) is 0 Å². The van der Waals surface area contributed by atoms with E-state index in [-0.39, 0.29) is 5.82 Å². The molecule has 0 aliphatic heterocycles. The van der Waals surface area contributed by atoms with Crippen molar-refractivity contribution in [3.63, 3.8) is 0 Å². The minimum absolute atomic E-state index is 0.113. The molecule has 2 nitrogen and oxygen atoms in total. The van der Waals surface area contributed by atoms with E-state index in [2.05, 4.69) is 94.5 Å². The molecule has 0 bridgehead atoms. The number of halogens is 2. The summed E-state index contributed by atoms with van der Waals surface area (Å²) >= 11 is 0. The van der Waals surface area contributed by atoms with Crippen LogP contribution in [0.4, 0.5) is 8.78 Å². The molecule has 0 fully saturated rings. The highest BCUT2D eigenvalue weighted by atomic mass is 19.1. The lowest BCUT2D eigenvalue weighted by Crippen LogP contribution is -2.25. The van der Waals surface area contributed by atoms with Crippen molar-refractivity contribution < 1.29 is 8.78 Å². The summed E-state index contributed by atoms with van der Waals surface area (Å²) in [6.45, 7) is 24.4. The summed E-state index contributed by atoms with van der Waals surface area (Å²) in [4.78, 5) is 4.41. The number of hydrogen-bond acceptors (Lipinski definition) is 1. The molecule has 4 heteroatoms. The van der Waals surface area contributed by atoms with E-state index >= 15 is 0 Å². The maximum Gasteiger partial charge on any atom is 0.125 e. The number of rotatable bonds is 15. The third-order valence-corrected chi connectivity index (χ3v) is 7.91. The second kappa shape index (κ2) is 19.3. The Bertz CT molecular complexity index is 1200. The Morgan fingerprint density at radius 2 is 1.74 bits per heavy atom. The molecule has 0 amide bonds. The van der Waals surface area contributed by atoms with Gasteiger partial charge in [-0.05, 0) is 125 Å². The maximum atomic E-state index is 13.7. The summed E-state index contributed by atoms with van der Waals surface area (Å²) in [7, 11) is 1.79. The van der Waals surface area contributed by atoms with Crippen molar-refractivity contribution in [2.45, 2.75) is 112 Å². The molecule has 2 atom stereocenters. The Labute approximate surface area is 262 Å². The third-order valence-electron chi connectivity index (χ3n) is 7.91. The molecule has 2 aromatic rings. The van der Waals surface area contributed by atoms with Crippen LogP contribution in [0.2, 0.25) is 0 Å². The van der Waals surface area contributed by atoms with E-state index in [1.54, 1.807) is 33.0 Å². The molecular weight excluding hydrogens is 534 g/mol. The molecular formula is C39H58F2N2. The van der Waals surface area contributed by atoms with Crippen LogP contribution >= 0.6 is 0 Å². The highest BCUT2D eigenvalue weighted by Crippen LogP contribution is 2.23. The van der Waals surface area contributed by atoms with Gasteiger partial charge >= 0.3 is 0 Å². The van der Waals surface area contributed by atoms with Gasteiger partial charge in [-0.2, -0.15) is 0 Å². The van der Waals surface area contributed by atoms with E-state index in [0.717, 1.165) is 78.7 Å². The zero-order valence-corrected chi connectivity index (χ0v) is 28.5. The zero-order valence-electron chi connectivity index (χ0n) is 28.5. The first-order chi connectivity index (χ1) is 20.2. The number of hydrogen-bond donors (Lipinski definition) is 1. The van der Waals surface area contributed by atoms with E-state index in [1.807, 2.05) is 6.92 Å². The first kappa shape index (κ1) is 38.0. The summed E-state index contributed by atoms with van der Waals surface area (Å²) in [5.74, 6) is 1.69. The van der Waals surface area contributed by atoms with Gasteiger partial charge in [-0.3, -0.25) is 4.99 Å². The van der Waals surface area contributed by atoms with Gasteiger partial charge < -0.3 is 5.32 Å². The van der Waals surface area contributed by atoms with E-state index in [4.69, 9.17) is 0 Å². The average Bonchev–Trinajstić information content (AvgIpc) is 2.94. The molecule has 0 saturated heterocycles. The lowest BCUT2D eigenvalue weighted by Gasteiger charge is -2.20. The Morgan fingerprint density at radius 3 is 2.30 bits per heavy atom. The summed E-state index contributed by atoms with van der Waals surface area (Å²) < 4.78 is 26.7. The summed E-state index contributed by atoms with van der Waals surface area (Å²) in [6, 6.07) is 13.8. The van der Waals surface area contributed by atoms with Gasteiger partial charge in [0.1, 0.15) is 17.3 Å². The van der Waals surface area contributed by atoms with Crippen LogP contribution in [0.3, 0.4) is 0 Å². The maximum absolute atomic E-state index is 13.7. The average molecular weight is 593 g/mol. The normalized spacial score (nSPS) is 13.6. The second-order valence-electron chi connectivity index (χ2n) is 12.6. The zero-order chi connectivity index (χ0) is 32.6. The monoisotopic (exact) mass is 592 g/mol. The van der Waals surface area contributed by atoms with Gasteiger partial charge in [0, 0.05) is 18.7 Å². The van der Waals surface area contributed by atoms with Gasteiger partial charge in [-0.1, -0.05) is 83.2 Å². The number of benzene rings is 2. The number of nitrogens with one attached hydrogen (secondary N) is 1. The largest absolute Gasteiger partial charge is 0.344 e. The van der Waals surface area contributed by atoms with Crippen LogP contribution in [0.1, 0.15) is 109 Å². The van der Waals surface area contributed by atoms with Crippen molar-refractivity contribution in [1.82, 2.24) is 5.32 Å². The molecule has 2 rings (SSSR count). The molecule has 0 heterocycles. The van der Waals surface area contributed by atoms with Crippen LogP contribution in [0.15, 0.2) is 78.0 Å². The van der Waals surface area contributed by atoms with Crippen molar-refractivity contribution in [1.29, 1.82) is 0 Å². The molecule has 1 N–H and O–H groups in total. The first-order valence-corrected chi connectivity index (χ1v) is 16.0. The SMILES string of the molecule is C=C(CC)C[C@@H](CC)C(=C)NC(/C=C(\C)c1cccc(CCCC(C)(C)F)c1)=NC.CCC(C)Cc1cc(C)cc(F)c1. The number of amidine groups is 1. The van der Waals surface area contributed by atoms with E-state index in [9.17, 15) is 8.78 Å². The minimum atomic E-state index is -1.10. The van der Waals surface area contributed by atoms with Gasteiger partial charge in [-0.25, -0.2) is 8.78 Å². The summed E-state index contributed by atoms with van der Waals surface area (Å²) in [5, 5.41) is 3.41. The second-order valence-corrected chi connectivity index (χ2v) is 12.6. The smallest absolute Gasteiger partial charge is 0.125 e. The predicted molar refractivity (Wildman–Crippen MR) is 186 cm³/mol. The van der Waals surface area contributed by atoms with E-state index < -0.39 is 5.67 Å². The van der Waals surface area contributed by atoms with Crippen molar-refractivity contribution in [2.24, 2.45) is 16.8 Å². The molecule has 0 saturated carbocycles. The van der Waals surface area contributed by atoms with Crippen LogP contribution in [0, 0.1) is 24.6 Å². The van der Waals surface area contributed by atoms with Crippen molar-refractivity contribution >= 4 is 11.4 Å². The van der Waals surface area contributed by atoms with Crippen molar-refractivity contribution in [2.75, 3.05) is 7.05 Å². The highest BCUT2D eigenvalue weighted by molar-refractivity contribution is 5.99. The van der Waals surface area contributed by atoms with Crippen molar-refractivity contribution in [3.05, 3.63) is 101 Å². The molecule has 0 aliphatic rings. The predicted octanol–water partition coefficient (Wildman–Crippen LogP) is 11.4. The number of aliphatic imine (C=N–C) groups is 1. The van der Waals surface area contributed by atoms with Crippen LogP contribution in [-0.4, -0.2) is 18.6 Å². The molecule has 0 aromatic heterocycles. The quantitative estimate of drug-likeness (QED) is 0.124. The fourth-order valence-electron chi connectivity index (χ4n) is 4.88. The third kappa shape index (κ3) is 15.9. The Balaban J connectivity index is 0.000000589. The molecule has 0 spiro atoms. The molecule has 43 heavy (non-hydrogen) atoms.